The van der Waals surface area contributed by atoms with Crippen molar-refractivity contribution in [1.82, 2.24) is 10.2 Å². The monoisotopic (exact) mass is 467 g/mol. The Morgan fingerprint density at radius 2 is 1.73 bits per heavy atom. The molecule has 0 spiro atoms. The highest BCUT2D eigenvalue weighted by atomic mass is 32.1. The molecular formula is C25H29N3O4S. The molecule has 3 rings (SSSR count). The lowest BCUT2D eigenvalue weighted by molar-refractivity contribution is -0.136. The number of carbonyl (C=O) groups is 2. The molecule has 0 aliphatic carbocycles. The van der Waals surface area contributed by atoms with E-state index in [0.717, 1.165) is 22.6 Å². The SMILES string of the molecule is CCC1=C(C(=O)OC)C(c2ccc(NC(=O)Cc3ccc(OC)cc3)cc2)NC(=S)N1CC. The first-order valence-corrected chi connectivity index (χ1v) is 11.2. The Morgan fingerprint density at radius 1 is 1.06 bits per heavy atom. The number of thiocarbonyl (C=S) groups is 1. The molecule has 0 bridgehead atoms. The zero-order valence-electron chi connectivity index (χ0n) is 19.3. The van der Waals surface area contributed by atoms with E-state index in [1.54, 1.807) is 7.11 Å². The molecule has 0 saturated carbocycles. The van der Waals surface area contributed by atoms with Crippen LogP contribution in [-0.4, -0.2) is 42.7 Å². The fourth-order valence-electron chi connectivity index (χ4n) is 3.91. The van der Waals surface area contributed by atoms with Gasteiger partial charge in [-0.1, -0.05) is 31.2 Å². The molecule has 1 amide bonds. The van der Waals surface area contributed by atoms with Crippen LogP contribution in [0.5, 0.6) is 5.75 Å². The summed E-state index contributed by atoms with van der Waals surface area (Å²) < 4.78 is 10.2. The predicted molar refractivity (Wildman–Crippen MR) is 132 cm³/mol. The van der Waals surface area contributed by atoms with Crippen molar-refractivity contribution < 1.29 is 19.1 Å². The molecule has 1 atom stereocenters. The Labute approximate surface area is 199 Å². The molecule has 174 valence electrons. The molecule has 33 heavy (non-hydrogen) atoms. The minimum atomic E-state index is -0.424. The van der Waals surface area contributed by atoms with E-state index in [9.17, 15) is 9.59 Å². The van der Waals surface area contributed by atoms with Crippen molar-refractivity contribution in [1.29, 1.82) is 0 Å². The Hall–Kier alpha value is -3.39. The number of nitrogens with one attached hydrogen (secondary N) is 2. The van der Waals surface area contributed by atoms with E-state index in [4.69, 9.17) is 21.7 Å². The molecule has 1 unspecified atom stereocenters. The molecule has 2 aromatic rings. The first kappa shape index (κ1) is 24.3. The van der Waals surface area contributed by atoms with E-state index in [1.165, 1.54) is 7.11 Å². The number of benzene rings is 2. The number of carbonyl (C=O) groups excluding carboxylic acids is 2. The number of anilines is 1. The lowest BCUT2D eigenvalue weighted by atomic mass is 9.93. The van der Waals surface area contributed by atoms with Gasteiger partial charge in [-0.15, -0.1) is 0 Å². The third-order valence-corrected chi connectivity index (χ3v) is 5.88. The zero-order valence-corrected chi connectivity index (χ0v) is 20.1. The van der Waals surface area contributed by atoms with Crippen molar-refractivity contribution in [3.05, 3.63) is 70.9 Å². The molecule has 0 fully saturated rings. The number of hydrogen-bond donors (Lipinski definition) is 2. The van der Waals surface area contributed by atoms with Gasteiger partial charge >= 0.3 is 5.97 Å². The average molecular weight is 468 g/mol. The smallest absolute Gasteiger partial charge is 0.337 e. The van der Waals surface area contributed by atoms with Crippen LogP contribution in [0.3, 0.4) is 0 Å². The molecule has 0 saturated heterocycles. The maximum atomic E-state index is 12.7. The van der Waals surface area contributed by atoms with Gasteiger partial charge in [-0.05, 0) is 61.0 Å². The van der Waals surface area contributed by atoms with Gasteiger partial charge in [-0.25, -0.2) is 4.79 Å². The molecule has 1 aliphatic heterocycles. The fraction of sp³-hybridized carbons (Fsp3) is 0.320. The minimum Gasteiger partial charge on any atom is -0.497 e. The van der Waals surface area contributed by atoms with E-state index in [2.05, 4.69) is 10.6 Å². The van der Waals surface area contributed by atoms with Crippen LogP contribution >= 0.6 is 12.2 Å². The van der Waals surface area contributed by atoms with Crippen molar-refractivity contribution >= 4 is 34.9 Å². The normalized spacial score (nSPS) is 15.7. The Bertz CT molecular complexity index is 1050. The van der Waals surface area contributed by atoms with Gasteiger partial charge in [0, 0.05) is 17.9 Å². The summed E-state index contributed by atoms with van der Waals surface area (Å²) in [6.07, 6.45) is 0.905. The summed E-state index contributed by atoms with van der Waals surface area (Å²) in [4.78, 5) is 27.0. The fourth-order valence-corrected chi connectivity index (χ4v) is 4.27. The largest absolute Gasteiger partial charge is 0.497 e. The maximum Gasteiger partial charge on any atom is 0.337 e. The van der Waals surface area contributed by atoms with Crippen LogP contribution in [0.15, 0.2) is 59.8 Å². The highest BCUT2D eigenvalue weighted by molar-refractivity contribution is 7.80. The standard InChI is InChI=1S/C25H29N3O4S/c1-5-20-22(24(30)32-4)23(27-25(33)28(20)6-2)17-9-11-18(12-10-17)26-21(29)15-16-7-13-19(31-3)14-8-16/h7-14,23H,5-6,15H2,1-4H3,(H,26,29)(H,27,33). The quantitative estimate of drug-likeness (QED) is 0.449. The molecule has 0 aromatic heterocycles. The van der Waals surface area contributed by atoms with Crippen molar-refractivity contribution in [3.8, 4) is 5.75 Å². The predicted octanol–water partition coefficient (Wildman–Crippen LogP) is 3.96. The summed E-state index contributed by atoms with van der Waals surface area (Å²) in [5.41, 5.74) is 3.82. The third-order valence-electron chi connectivity index (χ3n) is 5.55. The van der Waals surface area contributed by atoms with E-state index < -0.39 is 6.04 Å². The van der Waals surface area contributed by atoms with Crippen LogP contribution in [-0.2, 0) is 20.7 Å². The number of nitrogens with zero attached hydrogens (tertiary/aromatic N) is 1. The van der Waals surface area contributed by atoms with Crippen LogP contribution in [0.1, 0.15) is 37.4 Å². The van der Waals surface area contributed by atoms with E-state index in [1.807, 2.05) is 67.3 Å². The number of amides is 1. The zero-order chi connectivity index (χ0) is 24.0. The molecule has 8 heteroatoms. The molecule has 1 heterocycles. The first-order valence-electron chi connectivity index (χ1n) is 10.8. The number of rotatable bonds is 8. The molecule has 2 aromatic carbocycles. The number of hydrogen-bond acceptors (Lipinski definition) is 5. The number of methoxy groups -OCH3 is 2. The van der Waals surface area contributed by atoms with E-state index in [-0.39, 0.29) is 18.3 Å². The molecule has 7 nitrogen and oxygen atoms in total. The second kappa shape index (κ2) is 11.0. The third kappa shape index (κ3) is 5.51. The topological polar surface area (TPSA) is 79.9 Å². The Kier molecular flexibility index (Phi) is 8.06. The first-order chi connectivity index (χ1) is 15.9. The molecule has 1 aliphatic rings. The van der Waals surface area contributed by atoms with Crippen LogP contribution in [0.2, 0.25) is 0 Å². The van der Waals surface area contributed by atoms with Gasteiger partial charge in [0.15, 0.2) is 5.11 Å². The van der Waals surface area contributed by atoms with Gasteiger partial charge in [-0.2, -0.15) is 0 Å². The van der Waals surface area contributed by atoms with E-state index >= 15 is 0 Å². The Balaban J connectivity index is 1.78. The summed E-state index contributed by atoms with van der Waals surface area (Å²) in [6.45, 7) is 4.64. The van der Waals surface area contributed by atoms with Gasteiger partial charge in [0.05, 0.1) is 32.3 Å². The molecular weight excluding hydrogens is 438 g/mol. The van der Waals surface area contributed by atoms with Gasteiger partial charge in [0.25, 0.3) is 0 Å². The van der Waals surface area contributed by atoms with Gasteiger partial charge < -0.3 is 25.0 Å². The lowest BCUT2D eigenvalue weighted by Gasteiger charge is -2.38. The highest BCUT2D eigenvalue weighted by Crippen LogP contribution is 2.33. The lowest BCUT2D eigenvalue weighted by Crippen LogP contribution is -2.48. The number of esters is 1. The van der Waals surface area contributed by atoms with Crippen molar-refractivity contribution in [2.24, 2.45) is 0 Å². The van der Waals surface area contributed by atoms with Crippen molar-refractivity contribution in [2.75, 3.05) is 26.1 Å². The summed E-state index contributed by atoms with van der Waals surface area (Å²) in [5.74, 6) is 0.244. The summed E-state index contributed by atoms with van der Waals surface area (Å²) in [5, 5.41) is 6.75. The molecule has 0 radical (unpaired) electrons. The second-order valence-electron chi connectivity index (χ2n) is 7.53. The van der Waals surface area contributed by atoms with Crippen LogP contribution in [0.25, 0.3) is 0 Å². The number of ether oxygens (including phenoxy) is 2. The molecule has 2 N–H and O–H groups in total. The minimum absolute atomic E-state index is 0.119. The van der Waals surface area contributed by atoms with E-state index in [0.29, 0.717) is 29.3 Å². The highest BCUT2D eigenvalue weighted by Gasteiger charge is 2.34. The maximum absolute atomic E-state index is 12.7. The average Bonchev–Trinajstić information content (AvgIpc) is 2.83. The summed E-state index contributed by atoms with van der Waals surface area (Å²) >= 11 is 5.55. The van der Waals surface area contributed by atoms with Crippen LogP contribution < -0.4 is 15.4 Å². The van der Waals surface area contributed by atoms with Gasteiger partial charge in [0.1, 0.15) is 5.75 Å². The van der Waals surface area contributed by atoms with Crippen molar-refractivity contribution in [3.63, 3.8) is 0 Å². The van der Waals surface area contributed by atoms with Crippen LogP contribution in [0, 0.1) is 0 Å². The van der Waals surface area contributed by atoms with Crippen molar-refractivity contribution in [2.45, 2.75) is 32.7 Å². The second-order valence-corrected chi connectivity index (χ2v) is 7.91. The van der Waals surface area contributed by atoms with Gasteiger partial charge in [-0.3, -0.25) is 4.79 Å². The summed E-state index contributed by atoms with van der Waals surface area (Å²) in [7, 11) is 2.98. The van der Waals surface area contributed by atoms with Gasteiger partial charge in [0.2, 0.25) is 5.91 Å². The van der Waals surface area contributed by atoms with Crippen LogP contribution in [0.4, 0.5) is 5.69 Å². The Morgan fingerprint density at radius 3 is 2.27 bits per heavy atom. The number of allylic oxidation sites excluding steroid dienone is 1. The summed E-state index contributed by atoms with van der Waals surface area (Å²) in [6, 6.07) is 14.4.